The van der Waals surface area contributed by atoms with E-state index >= 15 is 0 Å². The predicted octanol–water partition coefficient (Wildman–Crippen LogP) is 17.6. The zero-order chi connectivity index (χ0) is 46.5. The number of allylic oxidation sites excluding steroid dienone is 14. The van der Waals surface area contributed by atoms with Crippen LogP contribution < -0.4 is 0 Å². The van der Waals surface area contributed by atoms with Crippen LogP contribution in [0.15, 0.2) is 85.1 Å². The summed E-state index contributed by atoms with van der Waals surface area (Å²) in [6.07, 6.45) is 67.2. The molecule has 0 bridgehead atoms. The Kier molecular flexibility index (Phi) is 49.4. The summed E-state index contributed by atoms with van der Waals surface area (Å²) in [5.41, 5.74) is 0. The number of unbranched alkanes of at least 4 members (excludes halogenated alkanes) is 22. The van der Waals surface area contributed by atoms with Crippen LogP contribution in [0.25, 0.3) is 0 Å². The summed E-state index contributed by atoms with van der Waals surface area (Å²) in [5.74, 6) is -0.984. The first kappa shape index (κ1) is 60.6. The Labute approximate surface area is 395 Å². The predicted molar refractivity (Wildman–Crippen MR) is 274 cm³/mol. The summed E-state index contributed by atoms with van der Waals surface area (Å²) in [4.78, 5) is 38.0. The van der Waals surface area contributed by atoms with Gasteiger partial charge < -0.3 is 14.2 Å². The van der Waals surface area contributed by atoms with Crippen molar-refractivity contribution in [1.29, 1.82) is 0 Å². The average molecular weight is 891 g/mol. The molecule has 0 amide bonds. The van der Waals surface area contributed by atoms with Gasteiger partial charge >= 0.3 is 17.9 Å². The first-order valence-corrected chi connectivity index (χ1v) is 26.6. The molecule has 0 heterocycles. The fourth-order valence-corrected chi connectivity index (χ4v) is 7.19. The van der Waals surface area contributed by atoms with E-state index in [-0.39, 0.29) is 37.5 Å². The molecule has 0 aromatic heterocycles. The Balaban J connectivity index is 4.42. The Morgan fingerprint density at radius 1 is 0.328 bits per heavy atom. The summed E-state index contributed by atoms with van der Waals surface area (Å²) in [7, 11) is 0. The lowest BCUT2D eigenvalue weighted by Gasteiger charge is -2.18. The highest BCUT2D eigenvalue weighted by Gasteiger charge is 2.19. The third kappa shape index (κ3) is 49.6. The van der Waals surface area contributed by atoms with Crippen LogP contribution in [0.2, 0.25) is 0 Å². The zero-order valence-corrected chi connectivity index (χ0v) is 41.8. The van der Waals surface area contributed by atoms with Crippen molar-refractivity contribution in [3.8, 4) is 0 Å². The molecule has 0 aliphatic rings. The van der Waals surface area contributed by atoms with Crippen molar-refractivity contribution in [3.63, 3.8) is 0 Å². The van der Waals surface area contributed by atoms with Crippen molar-refractivity contribution >= 4 is 17.9 Å². The molecule has 366 valence electrons. The third-order valence-corrected chi connectivity index (χ3v) is 11.1. The van der Waals surface area contributed by atoms with E-state index in [1.54, 1.807) is 0 Å². The van der Waals surface area contributed by atoms with Gasteiger partial charge in [0.15, 0.2) is 6.10 Å². The van der Waals surface area contributed by atoms with Crippen LogP contribution in [0.1, 0.15) is 245 Å². The molecule has 0 rings (SSSR count). The molecule has 6 heteroatoms. The molecule has 0 spiro atoms. The van der Waals surface area contributed by atoms with Gasteiger partial charge in [-0.05, 0) is 96.3 Å². The van der Waals surface area contributed by atoms with Crippen molar-refractivity contribution < 1.29 is 28.6 Å². The molecule has 0 aliphatic carbocycles. The Hall–Kier alpha value is -3.41. The second-order valence-electron chi connectivity index (χ2n) is 17.4. The number of rotatable bonds is 47. The Morgan fingerprint density at radius 3 is 1.05 bits per heavy atom. The molecular weight excluding hydrogens is 793 g/mol. The standard InChI is InChI=1S/C58H98O6/c1-4-7-10-13-16-19-22-25-27-28-29-30-31-34-36-39-42-45-48-51-57(60)63-54-55(53-62-56(59)50-47-44-41-38-35-32-24-21-18-15-12-9-6-3)64-58(61)52-49-46-43-40-37-33-26-23-20-17-14-11-8-5-2/h7-8,10-11,16-17,19-20,25,27,32,35,41,44,55H,4-6,9,12-15,18,21-24,26,28-31,33-34,36-40,42-43,45-54H2,1-3H3/b10-7-,11-8-,19-16-,20-17-,27-25-,35-32-,44-41-. The second kappa shape index (κ2) is 52.2. The molecule has 0 radical (unpaired) electrons. The molecule has 0 aromatic carbocycles. The first-order valence-electron chi connectivity index (χ1n) is 26.6. The molecule has 0 N–H and O–H groups in total. The van der Waals surface area contributed by atoms with E-state index in [9.17, 15) is 14.4 Å². The topological polar surface area (TPSA) is 78.9 Å². The quantitative estimate of drug-likeness (QED) is 0.0262. The van der Waals surface area contributed by atoms with Gasteiger partial charge in [-0.2, -0.15) is 0 Å². The maximum absolute atomic E-state index is 12.8. The van der Waals surface area contributed by atoms with Crippen molar-refractivity contribution in [2.75, 3.05) is 13.2 Å². The van der Waals surface area contributed by atoms with E-state index in [1.165, 1.54) is 109 Å². The van der Waals surface area contributed by atoms with Gasteiger partial charge in [0.1, 0.15) is 13.2 Å². The van der Waals surface area contributed by atoms with Gasteiger partial charge in [0, 0.05) is 19.3 Å². The van der Waals surface area contributed by atoms with Crippen molar-refractivity contribution in [1.82, 2.24) is 0 Å². The lowest BCUT2D eigenvalue weighted by Crippen LogP contribution is -2.30. The molecule has 1 atom stereocenters. The molecule has 0 saturated carbocycles. The van der Waals surface area contributed by atoms with Crippen molar-refractivity contribution in [2.45, 2.75) is 252 Å². The van der Waals surface area contributed by atoms with Crippen LogP contribution in [0.5, 0.6) is 0 Å². The number of ether oxygens (including phenoxy) is 3. The van der Waals surface area contributed by atoms with Gasteiger partial charge in [0.05, 0.1) is 0 Å². The van der Waals surface area contributed by atoms with E-state index in [4.69, 9.17) is 14.2 Å². The third-order valence-electron chi connectivity index (χ3n) is 11.1. The van der Waals surface area contributed by atoms with E-state index in [0.29, 0.717) is 19.3 Å². The Bertz CT molecular complexity index is 1250. The summed E-state index contributed by atoms with van der Waals surface area (Å²) < 4.78 is 16.7. The fraction of sp³-hybridized carbons (Fsp3) is 0.707. The van der Waals surface area contributed by atoms with Crippen LogP contribution in [-0.4, -0.2) is 37.2 Å². The summed E-state index contributed by atoms with van der Waals surface area (Å²) in [6, 6.07) is 0. The minimum absolute atomic E-state index is 0.1000. The highest BCUT2D eigenvalue weighted by molar-refractivity contribution is 5.71. The van der Waals surface area contributed by atoms with Gasteiger partial charge in [-0.25, -0.2) is 0 Å². The van der Waals surface area contributed by atoms with Crippen LogP contribution in [-0.2, 0) is 28.6 Å². The first-order chi connectivity index (χ1) is 31.5. The van der Waals surface area contributed by atoms with Crippen LogP contribution in [0, 0.1) is 0 Å². The van der Waals surface area contributed by atoms with Gasteiger partial charge in [0.2, 0.25) is 0 Å². The number of carbonyl (C=O) groups excluding carboxylic acids is 3. The second-order valence-corrected chi connectivity index (χ2v) is 17.4. The number of hydrogen-bond acceptors (Lipinski definition) is 6. The lowest BCUT2D eigenvalue weighted by atomic mass is 10.1. The van der Waals surface area contributed by atoms with Crippen LogP contribution >= 0.6 is 0 Å². The summed E-state index contributed by atoms with van der Waals surface area (Å²) >= 11 is 0. The maximum atomic E-state index is 12.8. The molecule has 1 unspecified atom stereocenters. The minimum atomic E-state index is -0.805. The normalized spacial score (nSPS) is 12.7. The van der Waals surface area contributed by atoms with Gasteiger partial charge in [-0.3, -0.25) is 14.4 Å². The number of esters is 3. The molecule has 64 heavy (non-hydrogen) atoms. The maximum Gasteiger partial charge on any atom is 0.306 e. The fourth-order valence-electron chi connectivity index (χ4n) is 7.19. The van der Waals surface area contributed by atoms with Crippen molar-refractivity contribution in [3.05, 3.63) is 85.1 Å². The smallest absolute Gasteiger partial charge is 0.306 e. The Morgan fingerprint density at radius 2 is 0.641 bits per heavy atom. The highest BCUT2D eigenvalue weighted by atomic mass is 16.6. The molecule has 0 aromatic rings. The largest absolute Gasteiger partial charge is 0.462 e. The molecule has 0 aliphatic heterocycles. The summed E-state index contributed by atoms with van der Waals surface area (Å²) in [5, 5.41) is 0. The molecule has 6 nitrogen and oxygen atoms in total. The van der Waals surface area contributed by atoms with E-state index in [2.05, 4.69) is 99.8 Å². The minimum Gasteiger partial charge on any atom is -0.462 e. The molecular formula is C58H98O6. The lowest BCUT2D eigenvalue weighted by molar-refractivity contribution is -0.166. The van der Waals surface area contributed by atoms with Gasteiger partial charge in [-0.15, -0.1) is 0 Å². The van der Waals surface area contributed by atoms with Gasteiger partial charge in [-0.1, -0.05) is 215 Å². The van der Waals surface area contributed by atoms with E-state index in [1.807, 2.05) is 6.08 Å². The van der Waals surface area contributed by atoms with Crippen molar-refractivity contribution in [2.24, 2.45) is 0 Å². The molecule has 0 saturated heterocycles. The number of hydrogen-bond donors (Lipinski definition) is 0. The van der Waals surface area contributed by atoms with Crippen LogP contribution in [0.4, 0.5) is 0 Å². The van der Waals surface area contributed by atoms with Gasteiger partial charge in [0.25, 0.3) is 0 Å². The SMILES string of the molecule is CC/C=C\C/C=C\C/C=C\CCCCCCCCCCCC(=O)OCC(COC(=O)CC/C=C\C/C=C\CCCCCCCC)OC(=O)CCCCCCCCC/C=C\C/C=C\CC. The van der Waals surface area contributed by atoms with Crippen LogP contribution in [0.3, 0.4) is 0 Å². The monoisotopic (exact) mass is 891 g/mol. The van der Waals surface area contributed by atoms with E-state index < -0.39 is 6.10 Å². The zero-order valence-electron chi connectivity index (χ0n) is 41.8. The highest BCUT2D eigenvalue weighted by Crippen LogP contribution is 2.14. The summed E-state index contributed by atoms with van der Waals surface area (Å²) in [6.45, 7) is 6.35. The molecule has 0 fully saturated rings. The number of carbonyl (C=O) groups is 3. The average Bonchev–Trinajstić information content (AvgIpc) is 3.29. The van der Waals surface area contributed by atoms with E-state index in [0.717, 1.165) is 89.9 Å².